The van der Waals surface area contributed by atoms with Gasteiger partial charge in [0.2, 0.25) is 5.95 Å². The van der Waals surface area contributed by atoms with E-state index < -0.39 is 15.9 Å². The van der Waals surface area contributed by atoms with Crippen LogP contribution in [-0.2, 0) is 21.1 Å². The number of carbonyl (C=O) groups is 1. The number of carbonyl (C=O) groups excluding carboxylic acids is 1. The monoisotopic (exact) mass is 334 g/mol. The highest BCUT2D eigenvalue weighted by Gasteiger charge is 2.30. The number of anilines is 1. The highest BCUT2D eigenvalue weighted by Crippen LogP contribution is 2.30. The maximum absolute atomic E-state index is 11.5. The minimum absolute atomic E-state index is 0.0139. The van der Waals surface area contributed by atoms with Gasteiger partial charge in [0.25, 0.3) is 0 Å². The zero-order valence-corrected chi connectivity index (χ0v) is 13.5. The van der Waals surface area contributed by atoms with Crippen molar-refractivity contribution in [2.45, 2.75) is 37.2 Å². The van der Waals surface area contributed by atoms with Crippen LogP contribution in [0, 0.1) is 0 Å². The molecule has 0 radical (unpaired) electrons. The minimum Gasteiger partial charge on any atom is -0.450 e. The van der Waals surface area contributed by atoms with E-state index >= 15 is 0 Å². The van der Waals surface area contributed by atoms with Crippen LogP contribution in [0.3, 0.4) is 0 Å². The van der Waals surface area contributed by atoms with Crippen molar-refractivity contribution in [2.24, 2.45) is 0 Å². The fraction of sp³-hybridized carbons (Fsp3) is 0.727. The highest BCUT2D eigenvalue weighted by atomic mass is 32.2. The summed E-state index contributed by atoms with van der Waals surface area (Å²) >= 11 is 1.38. The van der Waals surface area contributed by atoms with E-state index in [4.69, 9.17) is 4.74 Å². The first kappa shape index (κ1) is 16.1. The van der Waals surface area contributed by atoms with E-state index in [0.29, 0.717) is 24.1 Å². The summed E-state index contributed by atoms with van der Waals surface area (Å²) in [6.45, 7) is 4.45. The second-order valence-electron chi connectivity index (χ2n) is 4.54. The Morgan fingerprint density at radius 1 is 1.48 bits per heavy atom. The van der Waals surface area contributed by atoms with Crippen LogP contribution >= 0.6 is 11.8 Å². The third-order valence-corrected chi connectivity index (χ3v) is 6.21. The molecular weight excluding hydrogens is 316 g/mol. The normalized spacial score (nSPS) is 20.4. The number of thioether (sulfide) groups is 1. The van der Waals surface area contributed by atoms with Crippen LogP contribution in [-0.4, -0.2) is 52.6 Å². The molecule has 0 aliphatic carbocycles. The van der Waals surface area contributed by atoms with Crippen LogP contribution in [0.25, 0.3) is 0 Å². The molecule has 1 aromatic rings. The van der Waals surface area contributed by atoms with E-state index in [1.807, 2.05) is 6.92 Å². The molecule has 2 rings (SSSR count). The summed E-state index contributed by atoms with van der Waals surface area (Å²) in [5.41, 5.74) is 0. The van der Waals surface area contributed by atoms with Crippen molar-refractivity contribution >= 4 is 33.6 Å². The second-order valence-corrected chi connectivity index (χ2v) is 8.04. The van der Waals surface area contributed by atoms with Crippen LogP contribution in [0.2, 0.25) is 0 Å². The van der Waals surface area contributed by atoms with Crippen molar-refractivity contribution in [3.8, 4) is 0 Å². The molecule has 8 nitrogen and oxygen atoms in total. The van der Waals surface area contributed by atoms with Crippen LogP contribution in [0.4, 0.5) is 10.7 Å². The van der Waals surface area contributed by atoms with Crippen LogP contribution in [0.5, 0.6) is 0 Å². The number of amides is 1. The number of hydrogen-bond donors (Lipinski definition) is 1. The minimum atomic E-state index is -2.92. The van der Waals surface area contributed by atoms with E-state index in [0.717, 1.165) is 0 Å². The van der Waals surface area contributed by atoms with Crippen molar-refractivity contribution in [3.63, 3.8) is 0 Å². The van der Waals surface area contributed by atoms with Gasteiger partial charge in [-0.1, -0.05) is 11.8 Å². The third kappa shape index (κ3) is 4.10. The Balaban J connectivity index is 2.07. The summed E-state index contributed by atoms with van der Waals surface area (Å²) in [6, 6.07) is 0. The molecule has 1 fully saturated rings. The molecule has 0 aromatic carbocycles. The van der Waals surface area contributed by atoms with Gasteiger partial charge >= 0.3 is 6.09 Å². The van der Waals surface area contributed by atoms with Gasteiger partial charge in [0.15, 0.2) is 15.0 Å². The number of nitrogens with zero attached hydrogens (tertiary/aromatic N) is 3. The molecule has 0 bridgehead atoms. The standard InChI is InChI=1S/C11H18N4O4S2/c1-3-15-9(12-11(16)19-4-2)13-14-10(15)20-8-5-6-21(17,18)7-8/h8H,3-7H2,1-2H3,(H,12,13,16). The van der Waals surface area contributed by atoms with Gasteiger partial charge in [0, 0.05) is 11.8 Å². The maximum atomic E-state index is 11.5. The second kappa shape index (κ2) is 6.65. The first-order valence-electron chi connectivity index (χ1n) is 6.69. The Hall–Kier alpha value is -1.29. The molecule has 1 aliphatic heterocycles. The molecule has 1 aliphatic rings. The molecule has 1 atom stereocenters. The molecule has 1 unspecified atom stereocenters. The quantitative estimate of drug-likeness (QED) is 0.861. The average Bonchev–Trinajstić information content (AvgIpc) is 2.93. The van der Waals surface area contributed by atoms with Gasteiger partial charge in [-0.15, -0.1) is 10.2 Å². The van der Waals surface area contributed by atoms with Gasteiger partial charge in [-0.3, -0.25) is 9.88 Å². The van der Waals surface area contributed by atoms with Crippen molar-refractivity contribution in [1.29, 1.82) is 0 Å². The summed E-state index contributed by atoms with van der Waals surface area (Å²) < 4.78 is 29.5. The molecule has 10 heteroatoms. The van der Waals surface area contributed by atoms with E-state index in [1.54, 1.807) is 11.5 Å². The third-order valence-electron chi connectivity index (χ3n) is 2.99. The molecule has 0 spiro atoms. The topological polar surface area (TPSA) is 103 Å². The number of ether oxygens (including phenoxy) is 1. The smallest absolute Gasteiger partial charge is 0.414 e. The van der Waals surface area contributed by atoms with Crippen molar-refractivity contribution in [1.82, 2.24) is 14.8 Å². The molecular formula is C11H18N4O4S2. The molecule has 1 aromatic heterocycles. The molecule has 1 N–H and O–H groups in total. The number of hydrogen-bond acceptors (Lipinski definition) is 7. The fourth-order valence-corrected chi connectivity index (χ4v) is 5.57. The lowest BCUT2D eigenvalue weighted by Gasteiger charge is -2.10. The van der Waals surface area contributed by atoms with E-state index in [-0.39, 0.29) is 23.4 Å². The fourth-order valence-electron chi connectivity index (χ4n) is 2.01. The van der Waals surface area contributed by atoms with Gasteiger partial charge in [0.1, 0.15) is 0 Å². The van der Waals surface area contributed by atoms with Crippen LogP contribution in [0.15, 0.2) is 5.16 Å². The highest BCUT2D eigenvalue weighted by molar-refractivity contribution is 8.01. The average molecular weight is 334 g/mol. The molecule has 0 saturated carbocycles. The largest absolute Gasteiger partial charge is 0.450 e. The van der Waals surface area contributed by atoms with Crippen molar-refractivity contribution < 1.29 is 17.9 Å². The SMILES string of the molecule is CCOC(=O)Nc1nnc(SC2CCS(=O)(=O)C2)n1CC. The van der Waals surface area contributed by atoms with Gasteiger partial charge < -0.3 is 4.74 Å². The molecule has 21 heavy (non-hydrogen) atoms. The Labute approximate surface area is 127 Å². The Morgan fingerprint density at radius 3 is 2.81 bits per heavy atom. The predicted molar refractivity (Wildman–Crippen MR) is 79.3 cm³/mol. The molecule has 2 heterocycles. The maximum Gasteiger partial charge on any atom is 0.414 e. The summed E-state index contributed by atoms with van der Waals surface area (Å²) in [4.78, 5) is 11.4. The predicted octanol–water partition coefficient (Wildman–Crippen LogP) is 1.15. The van der Waals surface area contributed by atoms with E-state index in [2.05, 4.69) is 15.5 Å². The Bertz CT molecular complexity index is 614. The van der Waals surface area contributed by atoms with Gasteiger partial charge in [0.05, 0.1) is 18.1 Å². The Morgan fingerprint density at radius 2 is 2.24 bits per heavy atom. The lowest BCUT2D eigenvalue weighted by Crippen LogP contribution is -2.17. The summed E-state index contributed by atoms with van der Waals surface area (Å²) in [6.07, 6.45) is 0.0316. The number of sulfone groups is 1. The number of aromatic nitrogens is 3. The molecule has 1 saturated heterocycles. The van der Waals surface area contributed by atoms with Gasteiger partial charge in [-0.25, -0.2) is 13.2 Å². The van der Waals surface area contributed by atoms with E-state index in [9.17, 15) is 13.2 Å². The summed E-state index contributed by atoms with van der Waals surface area (Å²) in [5.74, 6) is 0.688. The van der Waals surface area contributed by atoms with Crippen LogP contribution in [0.1, 0.15) is 20.3 Å². The Kier molecular flexibility index (Phi) is 5.09. The number of rotatable bonds is 5. The van der Waals surface area contributed by atoms with Crippen molar-refractivity contribution in [3.05, 3.63) is 0 Å². The lowest BCUT2D eigenvalue weighted by atomic mass is 10.4. The van der Waals surface area contributed by atoms with Gasteiger partial charge in [-0.2, -0.15) is 0 Å². The van der Waals surface area contributed by atoms with Crippen molar-refractivity contribution in [2.75, 3.05) is 23.4 Å². The molecule has 1 amide bonds. The van der Waals surface area contributed by atoms with Crippen LogP contribution < -0.4 is 5.32 Å². The number of nitrogens with one attached hydrogen (secondary N) is 1. The summed E-state index contributed by atoms with van der Waals surface area (Å²) in [5, 5.41) is 11.1. The van der Waals surface area contributed by atoms with E-state index in [1.165, 1.54) is 11.8 Å². The summed E-state index contributed by atoms with van der Waals surface area (Å²) in [7, 11) is -2.92. The zero-order chi connectivity index (χ0) is 15.5. The first-order valence-corrected chi connectivity index (χ1v) is 9.39. The van der Waals surface area contributed by atoms with Gasteiger partial charge in [-0.05, 0) is 20.3 Å². The first-order chi connectivity index (χ1) is 9.95. The zero-order valence-electron chi connectivity index (χ0n) is 11.9. The molecule has 118 valence electrons. The lowest BCUT2D eigenvalue weighted by molar-refractivity contribution is 0.167.